The minimum Gasteiger partial charge on any atom is -0.455 e. The van der Waals surface area contributed by atoms with Crippen molar-refractivity contribution in [1.82, 2.24) is 19.5 Å². The summed E-state index contributed by atoms with van der Waals surface area (Å²) < 4.78 is 8.97. The van der Waals surface area contributed by atoms with Gasteiger partial charge in [0.15, 0.2) is 11.6 Å². The second kappa shape index (κ2) is 12.7. The number of nitrogens with zero attached hydrogens (tertiary/aromatic N) is 4. The number of rotatable bonds is 4. The molecule has 10 aromatic carbocycles. The molecule has 0 unspecified atom stereocenters. The summed E-state index contributed by atoms with van der Waals surface area (Å²) >= 11 is 0. The van der Waals surface area contributed by atoms with Gasteiger partial charge in [-0.3, -0.25) is 4.57 Å². The van der Waals surface area contributed by atoms with E-state index in [9.17, 15) is 0 Å². The predicted octanol–water partition coefficient (Wildman–Crippen LogP) is 14.5. The molecule has 278 valence electrons. The summed E-state index contributed by atoms with van der Waals surface area (Å²) in [6.07, 6.45) is 0. The van der Waals surface area contributed by atoms with Crippen molar-refractivity contribution >= 4 is 86.8 Å². The molecule has 0 atom stereocenters. The molecule has 5 heteroatoms. The van der Waals surface area contributed by atoms with E-state index >= 15 is 0 Å². The van der Waals surface area contributed by atoms with Gasteiger partial charge in [0.2, 0.25) is 5.95 Å². The number of hydrogen-bond acceptors (Lipinski definition) is 4. The fourth-order valence-corrected chi connectivity index (χ4v) is 9.47. The van der Waals surface area contributed by atoms with Crippen molar-refractivity contribution < 1.29 is 4.42 Å². The van der Waals surface area contributed by atoms with E-state index < -0.39 is 0 Å². The highest BCUT2D eigenvalue weighted by atomic mass is 16.3. The van der Waals surface area contributed by atoms with Crippen LogP contribution in [0.2, 0.25) is 0 Å². The lowest BCUT2D eigenvalue weighted by atomic mass is 9.96. The van der Waals surface area contributed by atoms with E-state index in [-0.39, 0.29) is 0 Å². The molecular weight excluding hydrogens is 733 g/mol. The summed E-state index contributed by atoms with van der Waals surface area (Å²) in [4.78, 5) is 16.5. The van der Waals surface area contributed by atoms with Crippen molar-refractivity contribution in [2.75, 3.05) is 0 Å². The fourth-order valence-electron chi connectivity index (χ4n) is 9.47. The van der Waals surface area contributed by atoms with Gasteiger partial charge in [0, 0.05) is 48.8 Å². The largest absolute Gasteiger partial charge is 0.455 e. The van der Waals surface area contributed by atoms with Crippen LogP contribution >= 0.6 is 0 Å². The topological polar surface area (TPSA) is 56.7 Å². The summed E-state index contributed by atoms with van der Waals surface area (Å²) in [7, 11) is 0. The van der Waals surface area contributed by atoms with Gasteiger partial charge in [0.1, 0.15) is 11.2 Å². The van der Waals surface area contributed by atoms with Crippen LogP contribution in [0.25, 0.3) is 127 Å². The Kier molecular flexibility index (Phi) is 6.95. The van der Waals surface area contributed by atoms with Crippen LogP contribution in [-0.2, 0) is 0 Å². The summed E-state index contributed by atoms with van der Waals surface area (Å²) in [5.74, 6) is 1.71. The first-order valence-corrected chi connectivity index (χ1v) is 20.3. The van der Waals surface area contributed by atoms with E-state index in [4.69, 9.17) is 19.4 Å². The Labute approximate surface area is 343 Å². The third-order valence-electron chi connectivity index (χ3n) is 12.2. The van der Waals surface area contributed by atoms with Crippen molar-refractivity contribution in [1.29, 1.82) is 0 Å². The van der Waals surface area contributed by atoms with E-state index in [1.807, 2.05) is 12.1 Å². The summed E-state index contributed by atoms with van der Waals surface area (Å²) in [6.45, 7) is 0. The van der Waals surface area contributed by atoms with Crippen LogP contribution in [0, 0.1) is 0 Å². The van der Waals surface area contributed by atoms with E-state index in [1.54, 1.807) is 0 Å². The first kappa shape index (κ1) is 32.9. The molecule has 5 nitrogen and oxygen atoms in total. The van der Waals surface area contributed by atoms with Gasteiger partial charge in [-0.2, -0.15) is 9.97 Å². The summed E-state index contributed by atoms with van der Waals surface area (Å²) in [6, 6.07) is 68.6. The molecule has 13 rings (SSSR count). The molecule has 0 radical (unpaired) electrons. The second-order valence-electron chi connectivity index (χ2n) is 15.5. The van der Waals surface area contributed by atoms with Gasteiger partial charge in [-0.15, -0.1) is 0 Å². The molecule has 13 aromatic rings. The molecule has 0 aliphatic heterocycles. The Balaban J connectivity index is 1.19. The van der Waals surface area contributed by atoms with Gasteiger partial charge in [-0.1, -0.05) is 176 Å². The SMILES string of the molecule is c1ccc(-c2cccc3ccc(-c4nc(-c5cc6ccccc6c6oc7ccccc7c56)nc(-n5c6c7ccccc7ccc6c6ccc7ccccc7c65)n4)cc23)cc1. The summed E-state index contributed by atoms with van der Waals surface area (Å²) in [5, 5.41) is 13.2. The fraction of sp³-hybridized carbons (Fsp3) is 0. The zero-order valence-electron chi connectivity index (χ0n) is 32.2. The van der Waals surface area contributed by atoms with Gasteiger partial charge in [-0.05, 0) is 56.3 Å². The van der Waals surface area contributed by atoms with Gasteiger partial charge < -0.3 is 4.42 Å². The highest BCUT2D eigenvalue weighted by molar-refractivity contribution is 6.24. The lowest BCUT2D eigenvalue weighted by Gasteiger charge is -2.14. The summed E-state index contributed by atoms with van der Waals surface area (Å²) in [5.41, 5.74) is 7.87. The number of furan rings is 1. The van der Waals surface area contributed by atoms with Crippen LogP contribution in [0.15, 0.2) is 199 Å². The Morgan fingerprint density at radius 1 is 0.350 bits per heavy atom. The van der Waals surface area contributed by atoms with Crippen LogP contribution in [0.5, 0.6) is 0 Å². The maximum absolute atomic E-state index is 6.68. The van der Waals surface area contributed by atoms with Crippen LogP contribution in [-0.4, -0.2) is 19.5 Å². The molecule has 0 bridgehead atoms. The quantitative estimate of drug-likeness (QED) is 0.179. The normalized spacial score (nSPS) is 12.0. The van der Waals surface area contributed by atoms with Gasteiger partial charge in [0.05, 0.1) is 11.0 Å². The number of aromatic nitrogens is 4. The number of fused-ring (bicyclic) bond motifs is 13. The maximum atomic E-state index is 6.68. The molecule has 0 aliphatic rings. The monoisotopic (exact) mass is 764 g/mol. The van der Waals surface area contributed by atoms with E-state index in [1.165, 1.54) is 0 Å². The Bertz CT molecular complexity index is 3810. The average molecular weight is 765 g/mol. The third-order valence-corrected chi connectivity index (χ3v) is 12.2. The molecule has 0 spiro atoms. The van der Waals surface area contributed by atoms with Crippen molar-refractivity contribution in [3.05, 3.63) is 194 Å². The second-order valence-corrected chi connectivity index (χ2v) is 15.5. The number of para-hydroxylation sites is 1. The van der Waals surface area contributed by atoms with Crippen LogP contribution in [0.4, 0.5) is 0 Å². The zero-order valence-corrected chi connectivity index (χ0v) is 32.2. The van der Waals surface area contributed by atoms with E-state index in [2.05, 4.69) is 187 Å². The molecule has 3 heterocycles. The molecule has 0 saturated heterocycles. The number of benzene rings is 10. The van der Waals surface area contributed by atoms with Crippen LogP contribution in [0.1, 0.15) is 0 Å². The maximum Gasteiger partial charge on any atom is 0.238 e. The van der Waals surface area contributed by atoms with Crippen molar-refractivity contribution in [2.45, 2.75) is 0 Å². The first-order valence-electron chi connectivity index (χ1n) is 20.3. The molecule has 0 amide bonds. The molecular formula is C55H32N4O. The molecule has 3 aromatic heterocycles. The third kappa shape index (κ3) is 4.84. The lowest BCUT2D eigenvalue weighted by molar-refractivity contribution is 0.672. The lowest BCUT2D eigenvalue weighted by Crippen LogP contribution is -2.07. The van der Waals surface area contributed by atoms with Gasteiger partial charge in [-0.25, -0.2) is 4.98 Å². The van der Waals surface area contributed by atoms with Gasteiger partial charge in [0.25, 0.3) is 0 Å². The zero-order chi connectivity index (χ0) is 39.3. The Morgan fingerprint density at radius 2 is 0.933 bits per heavy atom. The first-order chi connectivity index (χ1) is 29.7. The van der Waals surface area contributed by atoms with E-state index in [0.717, 1.165) is 109 Å². The average Bonchev–Trinajstić information content (AvgIpc) is 3.88. The molecule has 0 saturated carbocycles. The Morgan fingerprint density at radius 3 is 1.68 bits per heavy atom. The van der Waals surface area contributed by atoms with Crippen molar-refractivity contribution in [3.63, 3.8) is 0 Å². The highest BCUT2D eigenvalue weighted by Crippen LogP contribution is 2.43. The Hall–Kier alpha value is -8.15. The molecule has 0 aliphatic carbocycles. The predicted molar refractivity (Wildman–Crippen MR) is 248 cm³/mol. The minimum atomic E-state index is 0.549. The van der Waals surface area contributed by atoms with E-state index in [0.29, 0.717) is 17.6 Å². The van der Waals surface area contributed by atoms with Gasteiger partial charge >= 0.3 is 0 Å². The van der Waals surface area contributed by atoms with Crippen LogP contribution < -0.4 is 0 Å². The smallest absolute Gasteiger partial charge is 0.238 e. The molecule has 0 N–H and O–H groups in total. The van der Waals surface area contributed by atoms with Crippen molar-refractivity contribution in [2.24, 2.45) is 0 Å². The highest BCUT2D eigenvalue weighted by Gasteiger charge is 2.24. The molecule has 0 fully saturated rings. The minimum absolute atomic E-state index is 0.549. The molecule has 60 heavy (non-hydrogen) atoms. The van der Waals surface area contributed by atoms with Crippen molar-refractivity contribution in [3.8, 4) is 39.9 Å². The standard InChI is InChI=1S/C55H32N4O/c1-2-13-33(14-3-1)39-23-12-18-36-25-26-38(32-46(36)39)53-56-54(47-31-37-17-6-9-21-42(37)52-49(47)45-22-10-11-24-48(45)60-52)58-55(57-53)59-50-40-19-7-4-15-34(40)27-29-43(50)44-30-28-35-16-5-8-20-41(35)51(44)59/h1-32H. The van der Waals surface area contributed by atoms with Crippen LogP contribution in [0.3, 0.4) is 0 Å². The number of hydrogen-bond donors (Lipinski definition) is 0.